The number of rotatable bonds is 3. The average molecular weight is 306 g/mol. The molecule has 4 nitrogen and oxygen atoms in total. The smallest absolute Gasteiger partial charge is 0.239 e. The Morgan fingerprint density at radius 1 is 0.909 bits per heavy atom. The summed E-state index contributed by atoms with van der Waals surface area (Å²) in [7, 11) is 0. The molecular formula is C17H14N4S. The van der Waals surface area contributed by atoms with Gasteiger partial charge in [0.25, 0.3) is 0 Å². The zero-order valence-corrected chi connectivity index (χ0v) is 12.9. The molecule has 2 aromatic heterocycles. The Kier molecular flexibility index (Phi) is 3.27. The lowest BCUT2D eigenvalue weighted by Gasteiger charge is -2.06. The van der Waals surface area contributed by atoms with Crippen molar-refractivity contribution in [2.45, 2.75) is 12.1 Å². The Morgan fingerprint density at radius 2 is 1.68 bits per heavy atom. The topological polar surface area (TPSA) is 43.1 Å². The van der Waals surface area contributed by atoms with Gasteiger partial charge in [-0.05, 0) is 17.9 Å². The fourth-order valence-corrected chi connectivity index (χ4v) is 3.20. The number of hydrogen-bond donors (Lipinski definition) is 0. The molecule has 0 saturated heterocycles. The first-order valence-corrected chi connectivity index (χ1v) is 8.19. The van der Waals surface area contributed by atoms with Gasteiger partial charge in [0.15, 0.2) is 11.0 Å². The average Bonchev–Trinajstić information content (AvgIpc) is 2.94. The third-order valence-corrected chi connectivity index (χ3v) is 4.27. The summed E-state index contributed by atoms with van der Waals surface area (Å²) in [5.74, 6) is 2.37. The van der Waals surface area contributed by atoms with Gasteiger partial charge in [0.05, 0.1) is 11.0 Å². The monoisotopic (exact) mass is 306 g/mol. The van der Waals surface area contributed by atoms with Crippen LogP contribution in [0.3, 0.4) is 0 Å². The number of para-hydroxylation sites is 2. The minimum absolute atomic E-state index is 0.700. The van der Waals surface area contributed by atoms with Crippen molar-refractivity contribution in [2.24, 2.45) is 0 Å². The number of benzene rings is 2. The Labute approximate surface area is 132 Å². The van der Waals surface area contributed by atoms with Gasteiger partial charge < -0.3 is 0 Å². The van der Waals surface area contributed by atoms with Crippen molar-refractivity contribution in [3.8, 4) is 11.4 Å². The zero-order chi connectivity index (χ0) is 14.9. The molecular weight excluding hydrogens is 292 g/mol. The Balaban J connectivity index is 2.04. The van der Waals surface area contributed by atoms with Crippen LogP contribution in [-0.4, -0.2) is 25.1 Å². The van der Waals surface area contributed by atoms with E-state index in [-0.39, 0.29) is 0 Å². The van der Waals surface area contributed by atoms with E-state index in [1.165, 1.54) is 0 Å². The molecule has 2 aromatic carbocycles. The summed E-state index contributed by atoms with van der Waals surface area (Å²) in [5.41, 5.74) is 3.00. The molecule has 0 aliphatic heterocycles. The van der Waals surface area contributed by atoms with Crippen LogP contribution in [-0.2, 0) is 0 Å². The summed E-state index contributed by atoms with van der Waals surface area (Å²) in [5, 5.41) is 0.931. The van der Waals surface area contributed by atoms with Gasteiger partial charge in [0.2, 0.25) is 5.78 Å². The fourth-order valence-electron chi connectivity index (χ4n) is 2.48. The number of nitrogens with zero attached hydrogens (tertiary/aromatic N) is 4. The summed E-state index contributed by atoms with van der Waals surface area (Å²) < 4.78 is 2.04. The van der Waals surface area contributed by atoms with Crippen molar-refractivity contribution in [3.63, 3.8) is 0 Å². The van der Waals surface area contributed by atoms with Crippen LogP contribution in [0.25, 0.3) is 28.2 Å². The molecule has 0 N–H and O–H groups in total. The number of imidazole rings is 1. The largest absolute Gasteiger partial charge is 0.255 e. The highest BCUT2D eigenvalue weighted by Gasteiger charge is 2.13. The second kappa shape index (κ2) is 5.42. The van der Waals surface area contributed by atoms with E-state index in [9.17, 15) is 0 Å². The van der Waals surface area contributed by atoms with Crippen LogP contribution in [0.1, 0.15) is 6.92 Å². The van der Waals surface area contributed by atoms with Gasteiger partial charge in [-0.2, -0.15) is 4.98 Å². The van der Waals surface area contributed by atoms with E-state index in [0.717, 1.165) is 33.3 Å². The maximum absolute atomic E-state index is 4.76. The highest BCUT2D eigenvalue weighted by molar-refractivity contribution is 7.99. The van der Waals surface area contributed by atoms with E-state index >= 15 is 0 Å². The molecule has 2 heterocycles. The Bertz CT molecular complexity index is 947. The first-order valence-electron chi connectivity index (χ1n) is 7.20. The third kappa shape index (κ3) is 2.14. The van der Waals surface area contributed by atoms with Gasteiger partial charge in [-0.1, -0.05) is 61.2 Å². The molecule has 0 spiro atoms. The molecule has 4 aromatic rings. The van der Waals surface area contributed by atoms with Crippen LogP contribution in [0.15, 0.2) is 59.8 Å². The quantitative estimate of drug-likeness (QED) is 0.535. The van der Waals surface area contributed by atoms with Crippen LogP contribution in [0.2, 0.25) is 0 Å². The minimum atomic E-state index is 0.700. The number of hydrogen-bond acceptors (Lipinski definition) is 4. The molecule has 0 atom stereocenters. The molecule has 0 aliphatic carbocycles. The second-order valence-electron chi connectivity index (χ2n) is 4.86. The van der Waals surface area contributed by atoms with Gasteiger partial charge in [-0.15, -0.1) is 0 Å². The molecule has 0 bridgehead atoms. The Morgan fingerprint density at radius 3 is 2.50 bits per heavy atom. The molecule has 4 rings (SSSR count). The van der Waals surface area contributed by atoms with E-state index in [2.05, 4.69) is 23.0 Å². The lowest BCUT2D eigenvalue weighted by Crippen LogP contribution is -2.00. The molecule has 0 amide bonds. The standard InChI is InChI=1S/C17H14N4S/c1-2-22-17-20-15(12-8-4-3-5-9-12)19-16-18-13-10-6-7-11-14(13)21(16)17/h3-11H,2H2,1H3. The lowest BCUT2D eigenvalue weighted by molar-refractivity contribution is 0.887. The van der Waals surface area contributed by atoms with Gasteiger partial charge in [-0.25, -0.2) is 9.97 Å². The molecule has 0 saturated carbocycles. The third-order valence-electron chi connectivity index (χ3n) is 3.45. The van der Waals surface area contributed by atoms with Crippen molar-refractivity contribution in [1.82, 2.24) is 19.4 Å². The van der Waals surface area contributed by atoms with Crippen molar-refractivity contribution in [1.29, 1.82) is 0 Å². The van der Waals surface area contributed by atoms with Crippen LogP contribution in [0.5, 0.6) is 0 Å². The first kappa shape index (κ1) is 13.3. The van der Waals surface area contributed by atoms with Crippen LogP contribution in [0.4, 0.5) is 0 Å². The maximum Gasteiger partial charge on any atom is 0.239 e. The van der Waals surface area contributed by atoms with Crippen molar-refractivity contribution >= 4 is 28.6 Å². The normalized spacial score (nSPS) is 11.3. The van der Waals surface area contributed by atoms with Gasteiger partial charge in [0.1, 0.15) is 0 Å². The summed E-state index contributed by atoms with van der Waals surface area (Å²) in [6, 6.07) is 18.1. The number of thioether (sulfide) groups is 1. The second-order valence-corrected chi connectivity index (χ2v) is 6.10. The van der Waals surface area contributed by atoms with E-state index < -0.39 is 0 Å². The van der Waals surface area contributed by atoms with E-state index in [4.69, 9.17) is 4.98 Å². The van der Waals surface area contributed by atoms with Gasteiger partial charge in [-0.3, -0.25) is 4.40 Å². The number of fused-ring (bicyclic) bond motifs is 3. The summed E-state index contributed by atoms with van der Waals surface area (Å²) >= 11 is 1.70. The van der Waals surface area contributed by atoms with Crippen LogP contribution < -0.4 is 0 Å². The molecule has 0 radical (unpaired) electrons. The number of aromatic nitrogens is 4. The molecule has 108 valence electrons. The van der Waals surface area contributed by atoms with Gasteiger partial charge in [0, 0.05) is 5.56 Å². The van der Waals surface area contributed by atoms with Crippen molar-refractivity contribution in [2.75, 3.05) is 5.75 Å². The molecule has 0 aliphatic rings. The lowest BCUT2D eigenvalue weighted by atomic mass is 10.2. The summed E-state index contributed by atoms with van der Waals surface area (Å²) in [6.07, 6.45) is 0. The molecule has 0 fully saturated rings. The predicted octanol–water partition coefficient (Wildman–Crippen LogP) is 4.06. The van der Waals surface area contributed by atoms with E-state index in [1.807, 2.05) is 52.9 Å². The van der Waals surface area contributed by atoms with Crippen LogP contribution >= 0.6 is 11.8 Å². The maximum atomic E-state index is 4.76. The van der Waals surface area contributed by atoms with Crippen molar-refractivity contribution in [3.05, 3.63) is 54.6 Å². The van der Waals surface area contributed by atoms with E-state index in [1.54, 1.807) is 11.8 Å². The molecule has 0 unspecified atom stereocenters. The highest BCUT2D eigenvalue weighted by Crippen LogP contribution is 2.25. The fraction of sp³-hybridized carbons (Fsp3) is 0.118. The molecule has 22 heavy (non-hydrogen) atoms. The minimum Gasteiger partial charge on any atom is -0.255 e. The summed E-state index contributed by atoms with van der Waals surface area (Å²) in [6.45, 7) is 2.12. The van der Waals surface area contributed by atoms with E-state index in [0.29, 0.717) is 5.78 Å². The zero-order valence-electron chi connectivity index (χ0n) is 12.1. The predicted molar refractivity (Wildman–Crippen MR) is 90.1 cm³/mol. The van der Waals surface area contributed by atoms with Crippen LogP contribution in [0, 0.1) is 0 Å². The summed E-state index contributed by atoms with van der Waals surface area (Å²) in [4.78, 5) is 14.1. The first-order chi connectivity index (χ1) is 10.9. The van der Waals surface area contributed by atoms with Gasteiger partial charge >= 0.3 is 0 Å². The SMILES string of the molecule is CCSc1nc(-c2ccccc2)nc2nc3ccccc3n12. The highest BCUT2D eigenvalue weighted by atomic mass is 32.2. The van der Waals surface area contributed by atoms with Crippen molar-refractivity contribution < 1.29 is 0 Å². The molecule has 5 heteroatoms. The Hall–Kier alpha value is -2.40.